The Labute approximate surface area is 235 Å². The molecule has 11 nitrogen and oxygen atoms in total. The van der Waals surface area contributed by atoms with Gasteiger partial charge in [0.15, 0.2) is 0 Å². The number of rotatable bonds is 10. The fourth-order valence-corrected chi connectivity index (χ4v) is 4.80. The smallest absolute Gasteiger partial charge is 0.402 e. The average Bonchev–Trinajstić information content (AvgIpc) is 3.16. The number of primary amides is 1. The molecule has 3 amide bonds. The van der Waals surface area contributed by atoms with Gasteiger partial charge < -0.3 is 30.0 Å². The van der Waals surface area contributed by atoms with E-state index in [9.17, 15) is 14.4 Å². The molecule has 0 saturated carbocycles. The highest BCUT2D eigenvalue weighted by Crippen LogP contribution is 2.38. The Morgan fingerprint density at radius 1 is 1.02 bits per heavy atom. The van der Waals surface area contributed by atoms with Crippen molar-refractivity contribution in [2.45, 2.75) is 70.0 Å². The minimum Gasteiger partial charge on any atom is -0.402 e. The van der Waals surface area contributed by atoms with E-state index >= 15 is 0 Å². The lowest BCUT2D eigenvalue weighted by atomic mass is 9.74. The quantitative estimate of drug-likeness (QED) is 0.424. The lowest BCUT2D eigenvalue weighted by Crippen LogP contribution is -2.50. The number of aryl methyl sites for hydroxylation is 1. The van der Waals surface area contributed by atoms with Crippen LogP contribution in [0.25, 0.3) is 0 Å². The van der Waals surface area contributed by atoms with Gasteiger partial charge in [-0.25, -0.2) is 4.98 Å². The Bertz CT molecular complexity index is 1190. The summed E-state index contributed by atoms with van der Waals surface area (Å²) in [5.74, 6) is -3.22. The molecule has 0 spiro atoms. The monoisotopic (exact) mass is 551 g/mol. The van der Waals surface area contributed by atoms with E-state index in [4.69, 9.17) is 19.8 Å². The Morgan fingerprint density at radius 3 is 2.27 bits per heavy atom. The molecule has 0 radical (unpaired) electrons. The summed E-state index contributed by atoms with van der Waals surface area (Å²) >= 11 is 0. The Hall–Kier alpha value is -3.35. The molecule has 0 unspecified atom stereocenters. The van der Waals surface area contributed by atoms with E-state index in [0.717, 1.165) is 5.56 Å². The molecule has 0 bridgehead atoms. The van der Waals surface area contributed by atoms with E-state index in [0.29, 0.717) is 39.1 Å². The van der Waals surface area contributed by atoms with Gasteiger partial charge in [0, 0.05) is 31.9 Å². The van der Waals surface area contributed by atoms with Crippen LogP contribution in [0.15, 0.2) is 42.7 Å². The summed E-state index contributed by atoms with van der Waals surface area (Å²) in [6.07, 6.45) is 3.67. The van der Waals surface area contributed by atoms with Crippen molar-refractivity contribution in [3.05, 3.63) is 59.7 Å². The number of nitrogens with one attached hydrogen (secondary N) is 1. The maximum Gasteiger partial charge on any atom is 0.481 e. The number of morpholine rings is 1. The number of nitrogens with two attached hydrogens (primary N) is 1. The normalized spacial score (nSPS) is 19.6. The lowest BCUT2D eigenvalue weighted by molar-refractivity contribution is -0.138. The highest BCUT2D eigenvalue weighted by atomic mass is 16.7. The van der Waals surface area contributed by atoms with Crippen molar-refractivity contribution >= 4 is 24.8 Å². The summed E-state index contributed by atoms with van der Waals surface area (Å²) < 4.78 is 18.0. The van der Waals surface area contributed by atoms with Crippen LogP contribution in [0, 0.1) is 0 Å². The molecule has 2 fully saturated rings. The van der Waals surface area contributed by atoms with Crippen molar-refractivity contribution in [1.29, 1.82) is 0 Å². The van der Waals surface area contributed by atoms with Gasteiger partial charge in [0.05, 0.1) is 42.0 Å². The molecular formula is C28H38BN5O6. The average molecular weight is 551 g/mol. The van der Waals surface area contributed by atoms with Gasteiger partial charge >= 0.3 is 7.12 Å². The zero-order chi connectivity index (χ0) is 28.9. The van der Waals surface area contributed by atoms with Gasteiger partial charge in [0.25, 0.3) is 5.91 Å². The van der Waals surface area contributed by atoms with Crippen LogP contribution in [0.3, 0.4) is 0 Å². The summed E-state index contributed by atoms with van der Waals surface area (Å²) in [5.41, 5.74) is 5.37. The maximum absolute atomic E-state index is 14.0. The topological polar surface area (TPSA) is 146 Å². The van der Waals surface area contributed by atoms with Gasteiger partial charge in [-0.2, -0.15) is 0 Å². The third kappa shape index (κ3) is 6.86. The van der Waals surface area contributed by atoms with Crippen LogP contribution in [0.2, 0.25) is 0 Å². The van der Waals surface area contributed by atoms with E-state index < -0.39 is 42.0 Å². The van der Waals surface area contributed by atoms with Crippen LogP contribution in [-0.2, 0) is 30.1 Å². The fraction of sp³-hybridized carbons (Fsp3) is 0.536. The third-order valence-electron chi connectivity index (χ3n) is 7.86. The zero-order valence-electron chi connectivity index (χ0n) is 23.6. The van der Waals surface area contributed by atoms with Crippen LogP contribution in [0.5, 0.6) is 0 Å². The summed E-state index contributed by atoms with van der Waals surface area (Å²) in [5, 5.41) is 3.07. The van der Waals surface area contributed by atoms with Gasteiger partial charge in [-0.3, -0.25) is 19.4 Å². The number of hydrogen-bond acceptors (Lipinski definition) is 8. The molecule has 2 aliphatic rings. The van der Waals surface area contributed by atoms with Gasteiger partial charge in [-0.1, -0.05) is 30.3 Å². The SMILES string of the molecule is CC1(C)OB([C@H](CCc2ccccc2)NC(=O)[C@H](CC(=O)N2CCOCC2)c2nccnc2C(N)=O)OC1(C)C. The Balaban J connectivity index is 1.62. The van der Waals surface area contributed by atoms with Crippen molar-refractivity contribution < 1.29 is 28.4 Å². The second-order valence-corrected chi connectivity index (χ2v) is 11.2. The summed E-state index contributed by atoms with van der Waals surface area (Å²) in [4.78, 5) is 49.5. The van der Waals surface area contributed by atoms with Crippen molar-refractivity contribution in [1.82, 2.24) is 20.2 Å². The maximum atomic E-state index is 14.0. The predicted octanol–water partition coefficient (Wildman–Crippen LogP) is 1.66. The second kappa shape index (κ2) is 12.4. The number of nitrogens with zero attached hydrogens (tertiary/aromatic N) is 3. The zero-order valence-corrected chi connectivity index (χ0v) is 23.6. The molecule has 3 heterocycles. The molecule has 1 aromatic carbocycles. The fourth-order valence-electron chi connectivity index (χ4n) is 4.80. The number of carbonyl (C=O) groups excluding carboxylic acids is 3. The number of aromatic nitrogens is 2. The van der Waals surface area contributed by atoms with Gasteiger partial charge in [0.2, 0.25) is 11.8 Å². The molecule has 2 saturated heterocycles. The molecule has 2 atom stereocenters. The Kier molecular flexibility index (Phi) is 9.22. The van der Waals surface area contributed by atoms with Crippen LogP contribution in [0.4, 0.5) is 0 Å². The lowest BCUT2D eigenvalue weighted by Gasteiger charge is -2.32. The highest BCUT2D eigenvalue weighted by molar-refractivity contribution is 6.48. The molecule has 1 aromatic heterocycles. The molecular weight excluding hydrogens is 513 g/mol. The molecule has 2 aromatic rings. The number of benzene rings is 1. The van der Waals surface area contributed by atoms with Crippen LogP contribution >= 0.6 is 0 Å². The number of ether oxygens (including phenoxy) is 1. The first-order chi connectivity index (χ1) is 19.0. The molecule has 214 valence electrons. The molecule has 3 N–H and O–H groups in total. The predicted molar refractivity (Wildman–Crippen MR) is 148 cm³/mol. The largest absolute Gasteiger partial charge is 0.481 e. The van der Waals surface area contributed by atoms with Gasteiger partial charge in [-0.05, 0) is 46.1 Å². The molecule has 4 rings (SSSR count). The van der Waals surface area contributed by atoms with Crippen molar-refractivity contribution in [3.8, 4) is 0 Å². The van der Waals surface area contributed by atoms with Crippen molar-refractivity contribution in [3.63, 3.8) is 0 Å². The number of amides is 3. The van der Waals surface area contributed by atoms with E-state index in [-0.39, 0.29) is 23.7 Å². The van der Waals surface area contributed by atoms with E-state index in [1.807, 2.05) is 58.0 Å². The van der Waals surface area contributed by atoms with E-state index in [1.165, 1.54) is 12.4 Å². The van der Waals surface area contributed by atoms with E-state index in [2.05, 4.69) is 15.3 Å². The summed E-state index contributed by atoms with van der Waals surface area (Å²) in [6, 6.07) is 9.91. The highest BCUT2D eigenvalue weighted by Gasteiger charge is 2.54. The minimum atomic E-state index is -1.10. The molecule has 40 heavy (non-hydrogen) atoms. The Morgan fingerprint density at radius 2 is 1.65 bits per heavy atom. The first-order valence-electron chi connectivity index (χ1n) is 13.6. The molecule has 12 heteroatoms. The van der Waals surface area contributed by atoms with Crippen LogP contribution < -0.4 is 11.1 Å². The third-order valence-corrected chi connectivity index (χ3v) is 7.86. The second-order valence-electron chi connectivity index (χ2n) is 11.2. The summed E-state index contributed by atoms with van der Waals surface area (Å²) in [7, 11) is -0.731. The first kappa shape index (κ1) is 29.6. The van der Waals surface area contributed by atoms with Crippen molar-refractivity contribution in [2.24, 2.45) is 5.73 Å². The number of hydrogen-bond donors (Lipinski definition) is 2. The van der Waals surface area contributed by atoms with Crippen molar-refractivity contribution in [2.75, 3.05) is 26.3 Å². The molecule has 2 aliphatic heterocycles. The minimum absolute atomic E-state index is 0.0600. The summed E-state index contributed by atoms with van der Waals surface area (Å²) in [6.45, 7) is 9.48. The van der Waals surface area contributed by atoms with Gasteiger partial charge in [-0.15, -0.1) is 0 Å². The van der Waals surface area contributed by atoms with Gasteiger partial charge in [0.1, 0.15) is 5.69 Å². The van der Waals surface area contributed by atoms with E-state index in [1.54, 1.807) is 4.90 Å². The van der Waals surface area contributed by atoms with Crippen LogP contribution in [-0.4, -0.2) is 83.2 Å². The molecule has 0 aliphatic carbocycles. The first-order valence-corrected chi connectivity index (χ1v) is 13.6. The number of carbonyl (C=O) groups is 3. The van der Waals surface area contributed by atoms with Crippen LogP contribution in [0.1, 0.15) is 68.2 Å². The standard InChI is InChI=1S/C28H38BN5O6/c1-27(2)28(3,4)40-29(39-27)21(11-10-19-8-6-5-7-9-19)33-26(37)20(18-22(35)34-14-16-38-17-15-34)23-24(25(30)36)32-13-12-31-23/h5-9,12-13,20-21H,10-11,14-18H2,1-4H3,(H2,30,36)(H,33,37)/t20-,21+/m1/s1.